The van der Waals surface area contributed by atoms with Gasteiger partial charge < -0.3 is 10.1 Å². The molecule has 1 amide bonds. The standard InChI is InChI=1S/C13H22F2N2O3/c1-7(2)5-8(11(19)20-4)16-10(18)9-6-13(3,17-9)12(14)15/h7-9,12,17H,5-6H2,1-4H3,(H,16,18)/t8-,9-,13?/m0/s1. The largest absolute Gasteiger partial charge is 0.467 e. The Hall–Kier alpha value is -1.24. The van der Waals surface area contributed by atoms with Crippen LogP contribution in [-0.2, 0) is 14.3 Å². The predicted octanol–water partition coefficient (Wildman–Crippen LogP) is 1.08. The third-order valence-corrected chi connectivity index (χ3v) is 3.44. The SMILES string of the molecule is COC(=O)[C@H](CC(C)C)NC(=O)[C@@H]1CC(C)(C(F)F)N1. The zero-order valence-corrected chi connectivity index (χ0v) is 12.2. The number of esters is 1. The molecular weight excluding hydrogens is 270 g/mol. The molecule has 1 unspecified atom stereocenters. The first-order chi connectivity index (χ1) is 9.19. The van der Waals surface area contributed by atoms with Crippen molar-refractivity contribution in [3.05, 3.63) is 0 Å². The van der Waals surface area contributed by atoms with Crippen LogP contribution in [0.15, 0.2) is 0 Å². The summed E-state index contributed by atoms with van der Waals surface area (Å²) in [6.07, 6.45) is -2.04. The number of halogens is 2. The third kappa shape index (κ3) is 3.88. The summed E-state index contributed by atoms with van der Waals surface area (Å²) in [7, 11) is 1.25. The molecule has 1 fully saturated rings. The molecule has 0 spiro atoms. The van der Waals surface area contributed by atoms with Gasteiger partial charge in [0.25, 0.3) is 6.43 Å². The van der Waals surface area contributed by atoms with E-state index in [0.717, 1.165) is 0 Å². The van der Waals surface area contributed by atoms with Crippen LogP contribution < -0.4 is 10.6 Å². The summed E-state index contributed by atoms with van der Waals surface area (Å²) >= 11 is 0. The average molecular weight is 292 g/mol. The molecule has 1 aliphatic heterocycles. The molecule has 1 heterocycles. The molecule has 0 saturated carbocycles. The molecule has 0 aliphatic carbocycles. The van der Waals surface area contributed by atoms with Crippen LogP contribution in [0.3, 0.4) is 0 Å². The minimum Gasteiger partial charge on any atom is -0.467 e. The second-order valence-corrected chi connectivity index (χ2v) is 5.83. The lowest BCUT2D eigenvalue weighted by atomic mass is 9.83. The predicted molar refractivity (Wildman–Crippen MR) is 69.4 cm³/mol. The topological polar surface area (TPSA) is 67.4 Å². The van der Waals surface area contributed by atoms with Gasteiger partial charge in [0.05, 0.1) is 18.7 Å². The smallest absolute Gasteiger partial charge is 0.328 e. The monoisotopic (exact) mass is 292 g/mol. The van der Waals surface area contributed by atoms with E-state index in [2.05, 4.69) is 15.4 Å². The minimum absolute atomic E-state index is 0.0477. The number of hydrogen-bond donors (Lipinski definition) is 2. The number of carbonyl (C=O) groups excluding carboxylic acids is 2. The Balaban J connectivity index is 2.54. The van der Waals surface area contributed by atoms with E-state index in [-0.39, 0.29) is 12.3 Å². The summed E-state index contributed by atoms with van der Waals surface area (Å²) in [5, 5.41) is 5.11. The number of ether oxygens (including phenoxy) is 1. The maximum atomic E-state index is 12.6. The highest BCUT2D eigenvalue weighted by atomic mass is 19.3. The fourth-order valence-electron chi connectivity index (χ4n) is 2.21. The van der Waals surface area contributed by atoms with Crippen molar-refractivity contribution in [2.24, 2.45) is 5.92 Å². The van der Waals surface area contributed by atoms with Crippen LogP contribution in [0.4, 0.5) is 8.78 Å². The molecule has 0 radical (unpaired) electrons. The highest BCUT2D eigenvalue weighted by Crippen LogP contribution is 2.30. The van der Waals surface area contributed by atoms with Crippen molar-refractivity contribution in [1.29, 1.82) is 0 Å². The first kappa shape index (κ1) is 16.8. The van der Waals surface area contributed by atoms with Gasteiger partial charge in [-0.2, -0.15) is 0 Å². The van der Waals surface area contributed by atoms with Gasteiger partial charge in [-0.3, -0.25) is 10.1 Å². The number of carbonyl (C=O) groups is 2. The number of amides is 1. The van der Waals surface area contributed by atoms with Crippen molar-refractivity contribution < 1.29 is 23.1 Å². The van der Waals surface area contributed by atoms with Crippen molar-refractivity contribution in [3.8, 4) is 0 Å². The summed E-state index contributed by atoms with van der Waals surface area (Å²) in [4.78, 5) is 23.5. The number of alkyl halides is 2. The maximum absolute atomic E-state index is 12.6. The quantitative estimate of drug-likeness (QED) is 0.719. The third-order valence-electron chi connectivity index (χ3n) is 3.44. The van der Waals surface area contributed by atoms with Gasteiger partial charge in [0, 0.05) is 0 Å². The lowest BCUT2D eigenvalue weighted by molar-refractivity contribution is -0.147. The Morgan fingerprint density at radius 2 is 2.00 bits per heavy atom. The minimum atomic E-state index is -2.53. The number of rotatable bonds is 6. The molecule has 2 N–H and O–H groups in total. The Morgan fingerprint density at radius 3 is 2.40 bits per heavy atom. The van der Waals surface area contributed by atoms with Crippen LogP contribution in [0, 0.1) is 5.92 Å². The molecule has 3 atom stereocenters. The van der Waals surface area contributed by atoms with E-state index in [1.165, 1.54) is 14.0 Å². The Morgan fingerprint density at radius 1 is 1.45 bits per heavy atom. The van der Waals surface area contributed by atoms with Crippen molar-refractivity contribution in [2.45, 2.75) is 57.7 Å². The van der Waals surface area contributed by atoms with Gasteiger partial charge in [-0.05, 0) is 25.7 Å². The lowest BCUT2D eigenvalue weighted by Gasteiger charge is -2.45. The van der Waals surface area contributed by atoms with E-state index in [4.69, 9.17) is 0 Å². The first-order valence-corrected chi connectivity index (χ1v) is 6.63. The van der Waals surface area contributed by atoms with Crippen LogP contribution >= 0.6 is 0 Å². The molecule has 0 aromatic carbocycles. The van der Waals surface area contributed by atoms with E-state index < -0.39 is 35.9 Å². The zero-order valence-electron chi connectivity index (χ0n) is 12.2. The molecule has 0 aromatic rings. The van der Waals surface area contributed by atoms with Gasteiger partial charge >= 0.3 is 5.97 Å². The van der Waals surface area contributed by atoms with Crippen LogP contribution in [0.2, 0.25) is 0 Å². The fourth-order valence-corrected chi connectivity index (χ4v) is 2.21. The van der Waals surface area contributed by atoms with Gasteiger partial charge in [0.15, 0.2) is 0 Å². The van der Waals surface area contributed by atoms with E-state index in [1.807, 2.05) is 13.8 Å². The fraction of sp³-hybridized carbons (Fsp3) is 0.846. The molecular formula is C13H22F2N2O3. The molecule has 1 rings (SSSR count). The molecule has 1 saturated heterocycles. The first-order valence-electron chi connectivity index (χ1n) is 6.63. The normalized spacial score (nSPS) is 27.1. The molecule has 5 nitrogen and oxygen atoms in total. The number of nitrogens with one attached hydrogen (secondary N) is 2. The van der Waals surface area contributed by atoms with Crippen molar-refractivity contribution in [1.82, 2.24) is 10.6 Å². The second kappa shape index (κ2) is 6.47. The Bertz CT molecular complexity index is 369. The summed E-state index contributed by atoms with van der Waals surface area (Å²) in [5.41, 5.74) is -1.32. The summed E-state index contributed by atoms with van der Waals surface area (Å²) < 4.78 is 29.9. The Labute approximate surface area is 117 Å². The van der Waals surface area contributed by atoms with Crippen LogP contribution in [0.1, 0.15) is 33.6 Å². The Kier molecular flexibility index (Phi) is 5.44. The highest BCUT2D eigenvalue weighted by molar-refractivity contribution is 5.88. The van der Waals surface area contributed by atoms with Crippen molar-refractivity contribution in [2.75, 3.05) is 7.11 Å². The van der Waals surface area contributed by atoms with Crippen LogP contribution in [0.5, 0.6) is 0 Å². The number of hydrogen-bond acceptors (Lipinski definition) is 4. The molecule has 116 valence electrons. The van der Waals surface area contributed by atoms with Crippen LogP contribution in [-0.4, -0.2) is 43.0 Å². The van der Waals surface area contributed by atoms with Gasteiger partial charge in [-0.25, -0.2) is 13.6 Å². The molecule has 20 heavy (non-hydrogen) atoms. The summed E-state index contributed by atoms with van der Waals surface area (Å²) in [5.74, 6) is -0.776. The van der Waals surface area contributed by atoms with Crippen molar-refractivity contribution in [3.63, 3.8) is 0 Å². The molecule has 7 heteroatoms. The van der Waals surface area contributed by atoms with Crippen molar-refractivity contribution >= 4 is 11.9 Å². The second-order valence-electron chi connectivity index (χ2n) is 5.83. The molecule has 1 aliphatic rings. The summed E-state index contributed by atoms with van der Waals surface area (Å²) in [6, 6.07) is -1.43. The average Bonchev–Trinajstić information content (AvgIpc) is 2.31. The van der Waals surface area contributed by atoms with E-state index in [1.54, 1.807) is 0 Å². The van der Waals surface area contributed by atoms with Gasteiger partial charge in [-0.1, -0.05) is 13.8 Å². The maximum Gasteiger partial charge on any atom is 0.328 e. The highest BCUT2D eigenvalue weighted by Gasteiger charge is 2.49. The van der Waals surface area contributed by atoms with E-state index in [0.29, 0.717) is 6.42 Å². The van der Waals surface area contributed by atoms with Gasteiger partial charge in [0.1, 0.15) is 6.04 Å². The van der Waals surface area contributed by atoms with Crippen LogP contribution in [0.25, 0.3) is 0 Å². The van der Waals surface area contributed by atoms with Gasteiger partial charge in [0.2, 0.25) is 5.91 Å². The summed E-state index contributed by atoms with van der Waals surface area (Å²) in [6.45, 7) is 5.20. The van der Waals surface area contributed by atoms with E-state index >= 15 is 0 Å². The zero-order chi connectivity index (χ0) is 15.5. The van der Waals surface area contributed by atoms with E-state index in [9.17, 15) is 18.4 Å². The van der Waals surface area contributed by atoms with Gasteiger partial charge in [-0.15, -0.1) is 0 Å². The molecule has 0 aromatic heterocycles. The lowest BCUT2D eigenvalue weighted by Crippen LogP contribution is -2.70. The molecule has 0 bridgehead atoms. The number of methoxy groups -OCH3 is 1.